The summed E-state index contributed by atoms with van der Waals surface area (Å²) in [7, 11) is 1.52. The second kappa shape index (κ2) is 4.99. The maximum atomic E-state index is 14.0. The average molecular weight is 320 g/mol. The molecule has 0 radical (unpaired) electrons. The van der Waals surface area contributed by atoms with Crippen LogP contribution in [0.1, 0.15) is 10.4 Å². The van der Waals surface area contributed by atoms with E-state index < -0.39 is 17.4 Å². The second-order valence-corrected chi connectivity index (χ2v) is 5.23. The van der Waals surface area contributed by atoms with Gasteiger partial charge in [0.1, 0.15) is 5.82 Å². The van der Waals surface area contributed by atoms with E-state index >= 15 is 0 Å². The van der Waals surface area contributed by atoms with Crippen molar-refractivity contribution in [3.63, 3.8) is 0 Å². The third-order valence-corrected chi connectivity index (χ3v) is 3.77. The van der Waals surface area contributed by atoms with Gasteiger partial charge >= 0.3 is 5.69 Å². The number of anilines is 1. The quantitative estimate of drug-likeness (QED) is 0.700. The lowest BCUT2D eigenvalue weighted by molar-refractivity contribution is 0.0956. The molecule has 1 heterocycles. The monoisotopic (exact) mass is 319 g/mol. The van der Waals surface area contributed by atoms with Crippen LogP contribution >= 0.6 is 11.6 Å². The van der Waals surface area contributed by atoms with Gasteiger partial charge in [0.15, 0.2) is 0 Å². The summed E-state index contributed by atoms with van der Waals surface area (Å²) in [6, 6.07) is 8.62. The van der Waals surface area contributed by atoms with Crippen LogP contribution in [0.4, 0.5) is 10.1 Å². The van der Waals surface area contributed by atoms with Gasteiger partial charge in [0.05, 0.1) is 21.6 Å². The average Bonchev–Trinajstić information content (AvgIpc) is 2.70. The Balaban J connectivity index is 2.35. The number of aromatic nitrogens is 2. The Bertz CT molecular complexity index is 955. The standard InChI is InChI=1S/C15H11ClFN3O2/c1-19-11-6-5-8(18)7-12(11)20(15(19)22)14(21)13-9(16)3-2-4-10(13)17/h2-7H,18H2,1H3. The molecule has 0 saturated heterocycles. The molecule has 0 bridgehead atoms. The van der Waals surface area contributed by atoms with E-state index in [1.54, 1.807) is 12.1 Å². The number of carbonyl (C=O) groups is 1. The van der Waals surface area contributed by atoms with Crippen LogP contribution in [0.5, 0.6) is 0 Å². The maximum Gasteiger partial charge on any atom is 0.335 e. The van der Waals surface area contributed by atoms with Crippen molar-refractivity contribution < 1.29 is 9.18 Å². The summed E-state index contributed by atoms with van der Waals surface area (Å²) >= 11 is 5.91. The van der Waals surface area contributed by atoms with Crippen LogP contribution in [0.3, 0.4) is 0 Å². The highest BCUT2D eigenvalue weighted by Gasteiger charge is 2.23. The number of fused-ring (bicyclic) bond motifs is 1. The summed E-state index contributed by atoms with van der Waals surface area (Å²) in [5, 5.41) is -0.0576. The molecule has 0 unspecified atom stereocenters. The molecule has 0 saturated carbocycles. The highest BCUT2D eigenvalue weighted by atomic mass is 35.5. The summed E-state index contributed by atoms with van der Waals surface area (Å²) < 4.78 is 16.1. The van der Waals surface area contributed by atoms with Crippen molar-refractivity contribution in [3.05, 3.63) is 63.3 Å². The molecule has 1 aromatic heterocycles. The van der Waals surface area contributed by atoms with Crippen molar-refractivity contribution in [2.75, 3.05) is 5.73 Å². The fourth-order valence-corrected chi connectivity index (χ4v) is 2.61. The van der Waals surface area contributed by atoms with Crippen molar-refractivity contribution in [3.8, 4) is 0 Å². The molecule has 0 fully saturated rings. The lowest BCUT2D eigenvalue weighted by atomic mass is 10.2. The Morgan fingerprint density at radius 1 is 1.23 bits per heavy atom. The third kappa shape index (κ3) is 2.00. The largest absolute Gasteiger partial charge is 0.399 e. The topological polar surface area (TPSA) is 70.0 Å². The van der Waals surface area contributed by atoms with Crippen LogP contribution in [0.15, 0.2) is 41.2 Å². The van der Waals surface area contributed by atoms with Crippen LogP contribution in [0.25, 0.3) is 11.0 Å². The first-order valence-corrected chi connectivity index (χ1v) is 6.75. The van der Waals surface area contributed by atoms with Crippen molar-refractivity contribution in [1.82, 2.24) is 9.13 Å². The molecule has 3 rings (SSSR count). The number of nitrogen functional groups attached to an aromatic ring is 1. The van der Waals surface area contributed by atoms with Gasteiger partial charge in [0, 0.05) is 12.7 Å². The Labute approximate surface area is 129 Å². The first-order chi connectivity index (χ1) is 10.4. The number of hydrogen-bond donors (Lipinski definition) is 1. The zero-order valence-corrected chi connectivity index (χ0v) is 12.3. The van der Waals surface area contributed by atoms with Gasteiger partial charge in [0.25, 0.3) is 5.91 Å². The fourth-order valence-electron chi connectivity index (χ4n) is 2.37. The number of aryl methyl sites for hydroxylation is 1. The van der Waals surface area contributed by atoms with Crippen molar-refractivity contribution in [2.45, 2.75) is 0 Å². The molecular formula is C15H11ClFN3O2. The molecule has 2 aromatic carbocycles. The predicted octanol–water partition coefficient (Wildman–Crippen LogP) is 2.40. The third-order valence-electron chi connectivity index (χ3n) is 3.46. The number of carbonyl (C=O) groups excluding carboxylic acids is 1. The molecule has 0 amide bonds. The molecule has 0 aliphatic heterocycles. The van der Waals surface area contributed by atoms with Gasteiger partial charge in [-0.1, -0.05) is 17.7 Å². The van der Waals surface area contributed by atoms with Gasteiger partial charge in [-0.05, 0) is 30.3 Å². The van der Waals surface area contributed by atoms with Gasteiger partial charge in [0.2, 0.25) is 0 Å². The Morgan fingerprint density at radius 3 is 2.64 bits per heavy atom. The van der Waals surface area contributed by atoms with E-state index in [4.69, 9.17) is 17.3 Å². The highest BCUT2D eigenvalue weighted by molar-refractivity contribution is 6.34. The molecule has 2 N–H and O–H groups in total. The molecule has 5 nitrogen and oxygen atoms in total. The van der Waals surface area contributed by atoms with Crippen LogP contribution in [-0.2, 0) is 7.05 Å². The number of halogens is 2. The molecular weight excluding hydrogens is 309 g/mol. The number of imidazole rings is 1. The van der Waals surface area contributed by atoms with Gasteiger partial charge in [-0.2, -0.15) is 0 Å². The van der Waals surface area contributed by atoms with Gasteiger partial charge < -0.3 is 5.73 Å². The van der Waals surface area contributed by atoms with E-state index in [1.165, 1.54) is 29.8 Å². The van der Waals surface area contributed by atoms with Gasteiger partial charge in [-0.3, -0.25) is 9.36 Å². The smallest absolute Gasteiger partial charge is 0.335 e. The molecule has 0 aliphatic carbocycles. The summed E-state index contributed by atoms with van der Waals surface area (Å²) in [6.07, 6.45) is 0. The van der Waals surface area contributed by atoms with Crippen molar-refractivity contribution in [2.24, 2.45) is 7.05 Å². The highest BCUT2D eigenvalue weighted by Crippen LogP contribution is 2.22. The molecule has 112 valence electrons. The summed E-state index contributed by atoms with van der Waals surface area (Å²) in [5.74, 6) is -1.62. The molecule has 0 aliphatic rings. The van der Waals surface area contributed by atoms with Crippen LogP contribution in [0, 0.1) is 5.82 Å². The first kappa shape index (κ1) is 14.3. The first-order valence-electron chi connectivity index (χ1n) is 6.37. The Morgan fingerprint density at radius 2 is 1.95 bits per heavy atom. The number of hydrogen-bond acceptors (Lipinski definition) is 3. The predicted molar refractivity (Wildman–Crippen MR) is 82.7 cm³/mol. The Hall–Kier alpha value is -2.60. The second-order valence-electron chi connectivity index (χ2n) is 4.83. The number of nitrogens with zero attached hydrogens (tertiary/aromatic N) is 2. The molecule has 22 heavy (non-hydrogen) atoms. The van der Waals surface area contributed by atoms with E-state index in [-0.39, 0.29) is 10.6 Å². The zero-order valence-electron chi connectivity index (χ0n) is 11.5. The lowest BCUT2D eigenvalue weighted by Crippen LogP contribution is -2.29. The van der Waals surface area contributed by atoms with E-state index in [1.807, 2.05) is 0 Å². The zero-order chi connectivity index (χ0) is 16.0. The van der Waals surface area contributed by atoms with E-state index in [0.717, 1.165) is 10.6 Å². The number of nitrogens with two attached hydrogens (primary N) is 1. The molecule has 3 aromatic rings. The maximum absolute atomic E-state index is 14.0. The summed E-state index contributed by atoms with van der Waals surface area (Å²) in [6.45, 7) is 0. The summed E-state index contributed by atoms with van der Waals surface area (Å²) in [4.78, 5) is 25.0. The summed E-state index contributed by atoms with van der Waals surface area (Å²) in [5.41, 5.74) is 5.98. The SMILES string of the molecule is Cn1c(=O)n(C(=O)c2c(F)cccc2Cl)c2cc(N)ccc21. The van der Waals surface area contributed by atoms with E-state index in [2.05, 4.69) is 0 Å². The van der Waals surface area contributed by atoms with Gasteiger partial charge in [-0.25, -0.2) is 13.8 Å². The minimum absolute atomic E-state index is 0.0576. The minimum Gasteiger partial charge on any atom is -0.399 e. The molecule has 0 atom stereocenters. The normalized spacial score (nSPS) is 11.0. The number of benzene rings is 2. The lowest BCUT2D eigenvalue weighted by Gasteiger charge is -2.06. The van der Waals surface area contributed by atoms with E-state index in [9.17, 15) is 14.0 Å². The van der Waals surface area contributed by atoms with E-state index in [0.29, 0.717) is 16.7 Å². The Kier molecular flexibility index (Phi) is 3.26. The van der Waals surface area contributed by atoms with Crippen LogP contribution in [-0.4, -0.2) is 15.0 Å². The van der Waals surface area contributed by atoms with Gasteiger partial charge in [-0.15, -0.1) is 0 Å². The number of rotatable bonds is 1. The van der Waals surface area contributed by atoms with Crippen LogP contribution in [0.2, 0.25) is 5.02 Å². The van der Waals surface area contributed by atoms with Crippen molar-refractivity contribution in [1.29, 1.82) is 0 Å². The molecule has 0 spiro atoms. The molecule has 7 heteroatoms. The van der Waals surface area contributed by atoms with Crippen molar-refractivity contribution >= 4 is 34.2 Å². The minimum atomic E-state index is -0.829. The van der Waals surface area contributed by atoms with Crippen LogP contribution < -0.4 is 11.4 Å². The fraction of sp³-hybridized carbons (Fsp3) is 0.0667.